The second kappa shape index (κ2) is 8.73. The van der Waals surface area contributed by atoms with Gasteiger partial charge in [-0.2, -0.15) is 0 Å². The molecule has 1 amide bonds. The molecule has 0 aromatic heterocycles. The van der Waals surface area contributed by atoms with Gasteiger partial charge in [0, 0.05) is 11.3 Å². The lowest BCUT2D eigenvalue weighted by Crippen LogP contribution is -2.48. The van der Waals surface area contributed by atoms with E-state index in [1.54, 1.807) is 84.9 Å². The fourth-order valence-corrected chi connectivity index (χ4v) is 5.51. The van der Waals surface area contributed by atoms with Gasteiger partial charge in [-0.1, -0.05) is 54.6 Å². The Hall–Kier alpha value is -3.45. The first kappa shape index (κ1) is 20.8. The third kappa shape index (κ3) is 4.67. The summed E-state index contributed by atoms with van der Waals surface area (Å²) < 4.78 is 30.7. The number of hydrogen-bond donors (Lipinski definition) is 0. The summed E-state index contributed by atoms with van der Waals surface area (Å²) in [6.45, 7) is 0. The molecule has 1 aliphatic heterocycles. The van der Waals surface area contributed by atoms with Crippen LogP contribution in [0.1, 0.15) is 20.7 Å². The van der Waals surface area contributed by atoms with Gasteiger partial charge in [0.2, 0.25) is 0 Å². The predicted molar refractivity (Wildman–Crippen MR) is 118 cm³/mol. The van der Waals surface area contributed by atoms with Gasteiger partial charge in [-0.15, -0.1) is 0 Å². The van der Waals surface area contributed by atoms with E-state index in [9.17, 15) is 18.0 Å². The van der Waals surface area contributed by atoms with E-state index < -0.39 is 28.0 Å². The van der Waals surface area contributed by atoms with Crippen LogP contribution in [0.5, 0.6) is 0 Å². The largest absolute Gasteiger partial charge is 0.455 e. The summed E-state index contributed by atoms with van der Waals surface area (Å²) in [5.74, 6) is -1.59. The van der Waals surface area contributed by atoms with E-state index in [2.05, 4.69) is 0 Å². The van der Waals surface area contributed by atoms with Crippen LogP contribution >= 0.6 is 0 Å². The van der Waals surface area contributed by atoms with Gasteiger partial charge in [0.1, 0.15) is 6.10 Å². The first-order valence-electron chi connectivity index (χ1n) is 9.85. The minimum absolute atomic E-state index is 0.285. The average molecular weight is 436 g/mol. The lowest BCUT2D eigenvalue weighted by Gasteiger charge is -2.32. The number of para-hydroxylation sites is 1. The summed E-state index contributed by atoms with van der Waals surface area (Å²) in [5.41, 5.74) is 1.29. The molecule has 0 N–H and O–H groups in total. The Morgan fingerprint density at radius 1 is 0.742 bits per heavy atom. The van der Waals surface area contributed by atoms with E-state index in [0.29, 0.717) is 16.8 Å². The standard InChI is InChI=1S/C24H21NO5S/c26-23(18-10-4-1-5-11-18)25(20-14-8-3-9-15-20)21-16-31(28,29)17-22(21)30-24(27)19-12-6-2-7-13-19/h1-15,21-22H,16-17H2/t21-,22+/m1/s1. The minimum atomic E-state index is -3.51. The maximum Gasteiger partial charge on any atom is 0.338 e. The fraction of sp³-hybridized carbons (Fsp3) is 0.167. The molecule has 1 fully saturated rings. The molecule has 2 atom stereocenters. The number of hydrogen-bond acceptors (Lipinski definition) is 5. The fourth-order valence-electron chi connectivity index (χ4n) is 3.70. The molecular weight excluding hydrogens is 414 g/mol. The van der Waals surface area contributed by atoms with Crippen molar-refractivity contribution in [2.45, 2.75) is 12.1 Å². The predicted octanol–water partition coefficient (Wildman–Crippen LogP) is 3.36. The molecule has 0 saturated carbocycles. The quantitative estimate of drug-likeness (QED) is 0.574. The van der Waals surface area contributed by atoms with Crippen LogP contribution in [-0.4, -0.2) is 43.9 Å². The molecule has 1 saturated heterocycles. The van der Waals surface area contributed by atoms with E-state index in [0.717, 1.165) is 0 Å². The van der Waals surface area contributed by atoms with Crippen molar-refractivity contribution in [3.05, 3.63) is 102 Å². The van der Waals surface area contributed by atoms with Crippen LogP contribution in [0.2, 0.25) is 0 Å². The van der Waals surface area contributed by atoms with Gasteiger partial charge < -0.3 is 9.64 Å². The van der Waals surface area contributed by atoms with Gasteiger partial charge in [-0.3, -0.25) is 4.79 Å². The second-order valence-corrected chi connectivity index (χ2v) is 9.48. The molecule has 0 unspecified atom stereocenters. The topological polar surface area (TPSA) is 80.8 Å². The highest BCUT2D eigenvalue weighted by atomic mass is 32.2. The molecule has 6 nitrogen and oxygen atoms in total. The second-order valence-electron chi connectivity index (χ2n) is 7.33. The van der Waals surface area contributed by atoms with Crippen molar-refractivity contribution in [2.24, 2.45) is 0 Å². The first-order chi connectivity index (χ1) is 14.9. The Morgan fingerprint density at radius 3 is 1.84 bits per heavy atom. The Labute approximate surface area is 181 Å². The van der Waals surface area contributed by atoms with E-state index in [1.165, 1.54) is 4.90 Å². The molecular formula is C24H21NO5S. The Bertz CT molecular complexity index is 1160. The summed E-state index contributed by atoms with van der Waals surface area (Å²) >= 11 is 0. The Kier molecular flexibility index (Phi) is 5.86. The van der Waals surface area contributed by atoms with Crippen LogP contribution < -0.4 is 4.90 Å². The Morgan fingerprint density at radius 2 is 1.26 bits per heavy atom. The average Bonchev–Trinajstić information content (AvgIpc) is 3.09. The minimum Gasteiger partial charge on any atom is -0.455 e. The number of sulfone groups is 1. The van der Waals surface area contributed by atoms with Crippen LogP contribution in [0.15, 0.2) is 91.0 Å². The number of rotatable bonds is 5. The number of nitrogens with zero attached hydrogens (tertiary/aromatic N) is 1. The van der Waals surface area contributed by atoms with Gasteiger partial charge in [-0.05, 0) is 36.4 Å². The van der Waals surface area contributed by atoms with Crippen molar-refractivity contribution in [3.8, 4) is 0 Å². The highest BCUT2D eigenvalue weighted by molar-refractivity contribution is 7.91. The zero-order chi connectivity index (χ0) is 21.8. The third-order valence-corrected chi connectivity index (χ3v) is 6.83. The lowest BCUT2D eigenvalue weighted by atomic mass is 10.1. The van der Waals surface area contributed by atoms with Crippen molar-refractivity contribution in [1.82, 2.24) is 0 Å². The number of ether oxygens (including phenoxy) is 1. The highest BCUT2D eigenvalue weighted by Gasteiger charge is 2.45. The number of anilines is 1. The molecule has 1 aliphatic rings. The maximum absolute atomic E-state index is 13.4. The van der Waals surface area contributed by atoms with Crippen molar-refractivity contribution in [2.75, 3.05) is 16.4 Å². The molecule has 0 aliphatic carbocycles. The van der Waals surface area contributed by atoms with Crippen molar-refractivity contribution >= 4 is 27.4 Å². The van der Waals surface area contributed by atoms with Gasteiger partial charge in [0.05, 0.1) is 23.1 Å². The van der Waals surface area contributed by atoms with Crippen LogP contribution in [0.25, 0.3) is 0 Å². The number of carbonyl (C=O) groups excluding carboxylic acids is 2. The number of esters is 1. The van der Waals surface area contributed by atoms with Crippen LogP contribution in [0.3, 0.4) is 0 Å². The highest BCUT2D eigenvalue weighted by Crippen LogP contribution is 2.29. The number of carbonyl (C=O) groups is 2. The molecule has 4 rings (SSSR count). The molecule has 0 bridgehead atoms. The monoisotopic (exact) mass is 435 g/mol. The molecule has 0 spiro atoms. The molecule has 0 radical (unpaired) electrons. The molecule has 3 aromatic carbocycles. The van der Waals surface area contributed by atoms with Gasteiger partial charge >= 0.3 is 5.97 Å². The molecule has 31 heavy (non-hydrogen) atoms. The molecule has 1 heterocycles. The number of benzene rings is 3. The normalized spacial score (nSPS) is 19.5. The number of amides is 1. The van der Waals surface area contributed by atoms with Crippen LogP contribution in [-0.2, 0) is 14.6 Å². The first-order valence-corrected chi connectivity index (χ1v) is 11.7. The van der Waals surface area contributed by atoms with Crippen LogP contribution in [0, 0.1) is 0 Å². The Balaban J connectivity index is 1.71. The zero-order valence-corrected chi connectivity index (χ0v) is 17.4. The third-order valence-electron chi connectivity index (χ3n) is 5.15. The van der Waals surface area contributed by atoms with E-state index in [1.807, 2.05) is 6.07 Å². The van der Waals surface area contributed by atoms with Gasteiger partial charge in [0.15, 0.2) is 9.84 Å². The van der Waals surface area contributed by atoms with Crippen molar-refractivity contribution < 1.29 is 22.7 Å². The van der Waals surface area contributed by atoms with Crippen molar-refractivity contribution in [1.29, 1.82) is 0 Å². The van der Waals surface area contributed by atoms with Crippen molar-refractivity contribution in [3.63, 3.8) is 0 Å². The SMILES string of the molecule is O=C(O[C@H]1CS(=O)(=O)C[C@H]1N(C(=O)c1ccccc1)c1ccccc1)c1ccccc1. The van der Waals surface area contributed by atoms with Gasteiger partial charge in [-0.25, -0.2) is 13.2 Å². The summed E-state index contributed by atoms with van der Waals surface area (Å²) in [7, 11) is -3.51. The summed E-state index contributed by atoms with van der Waals surface area (Å²) in [4.78, 5) is 27.5. The van der Waals surface area contributed by atoms with Crippen LogP contribution in [0.4, 0.5) is 5.69 Å². The molecule has 158 valence electrons. The summed E-state index contributed by atoms with van der Waals surface area (Å²) in [6.07, 6.45) is -0.981. The van der Waals surface area contributed by atoms with E-state index in [4.69, 9.17) is 4.74 Å². The molecule has 3 aromatic rings. The summed E-state index contributed by atoms with van der Waals surface area (Å²) in [5, 5.41) is 0. The van der Waals surface area contributed by atoms with Gasteiger partial charge in [0.25, 0.3) is 5.91 Å². The molecule has 7 heteroatoms. The maximum atomic E-state index is 13.4. The summed E-state index contributed by atoms with van der Waals surface area (Å²) in [6, 6.07) is 25.0. The van der Waals surface area contributed by atoms with E-state index >= 15 is 0 Å². The zero-order valence-electron chi connectivity index (χ0n) is 16.6. The lowest BCUT2D eigenvalue weighted by molar-refractivity contribution is 0.0314. The van der Waals surface area contributed by atoms with E-state index in [-0.39, 0.29) is 17.4 Å². The smallest absolute Gasteiger partial charge is 0.338 e.